The monoisotopic (exact) mass is 348 g/mol. The fourth-order valence-electron chi connectivity index (χ4n) is 3.13. The normalized spacial score (nSPS) is 20.9. The van der Waals surface area contributed by atoms with E-state index in [9.17, 15) is 18.0 Å². The molecule has 0 radical (unpaired) electrons. The molecule has 1 aromatic carbocycles. The minimum absolute atomic E-state index is 0.0395. The van der Waals surface area contributed by atoms with Crippen LogP contribution in [0.4, 0.5) is 4.79 Å². The van der Waals surface area contributed by atoms with E-state index in [0.717, 1.165) is 4.90 Å². The molecule has 9 heteroatoms. The van der Waals surface area contributed by atoms with Crippen LogP contribution in [0.2, 0.25) is 0 Å². The third-order valence-corrected chi connectivity index (χ3v) is 6.52. The van der Waals surface area contributed by atoms with Crippen LogP contribution in [0.3, 0.4) is 0 Å². The predicted molar refractivity (Wildman–Crippen MR) is 83.2 cm³/mol. The van der Waals surface area contributed by atoms with E-state index in [1.807, 2.05) is 6.07 Å². The number of hydrogen-bond acceptors (Lipinski definition) is 5. The van der Waals surface area contributed by atoms with E-state index in [1.165, 1.54) is 23.5 Å². The van der Waals surface area contributed by atoms with Gasteiger partial charge in [0.25, 0.3) is 5.91 Å². The van der Waals surface area contributed by atoms with Gasteiger partial charge < -0.3 is 5.32 Å². The molecule has 24 heavy (non-hydrogen) atoms. The summed E-state index contributed by atoms with van der Waals surface area (Å²) in [5, 5.41) is 11.8. The molecule has 1 spiro atoms. The Hall–Kier alpha value is -2.44. The Bertz CT molecular complexity index is 850. The Morgan fingerprint density at radius 2 is 1.83 bits per heavy atom. The van der Waals surface area contributed by atoms with Crippen molar-refractivity contribution < 1.29 is 18.0 Å². The molecule has 2 saturated heterocycles. The number of nitrogens with one attached hydrogen (secondary N) is 1. The minimum Gasteiger partial charge on any atom is -0.323 e. The Balaban J connectivity index is 1.84. The Kier molecular flexibility index (Phi) is 3.81. The molecule has 0 unspecified atom stereocenters. The van der Waals surface area contributed by atoms with Crippen molar-refractivity contribution in [3.8, 4) is 6.07 Å². The van der Waals surface area contributed by atoms with Gasteiger partial charge in [-0.15, -0.1) is 0 Å². The molecule has 2 fully saturated rings. The quantitative estimate of drug-likeness (QED) is 0.771. The molecule has 3 rings (SSSR count). The molecule has 1 N–H and O–H groups in total. The largest absolute Gasteiger partial charge is 0.324 e. The van der Waals surface area contributed by atoms with Crippen LogP contribution >= 0.6 is 0 Å². The highest BCUT2D eigenvalue weighted by Gasteiger charge is 2.52. The molecule has 2 aliphatic rings. The van der Waals surface area contributed by atoms with Gasteiger partial charge in [0, 0.05) is 20.1 Å². The van der Waals surface area contributed by atoms with Gasteiger partial charge >= 0.3 is 6.03 Å². The second-order valence-corrected chi connectivity index (χ2v) is 7.79. The number of benzene rings is 1. The minimum atomic E-state index is -3.82. The Labute approximate surface area is 139 Å². The maximum atomic E-state index is 12.8. The topological polar surface area (TPSA) is 111 Å². The molecular weight excluding hydrogens is 332 g/mol. The Morgan fingerprint density at radius 3 is 2.38 bits per heavy atom. The number of piperidine rings is 1. The number of likely N-dealkylation sites (N-methyl/N-ethyl adjacent to an activating group) is 1. The maximum Gasteiger partial charge on any atom is 0.324 e. The van der Waals surface area contributed by atoms with Gasteiger partial charge in [0.1, 0.15) is 11.6 Å². The summed E-state index contributed by atoms with van der Waals surface area (Å²) in [5.41, 5.74) is -0.935. The van der Waals surface area contributed by atoms with Crippen molar-refractivity contribution in [1.29, 1.82) is 5.26 Å². The molecular formula is C15H16N4O4S. The van der Waals surface area contributed by atoms with Gasteiger partial charge in [-0.1, -0.05) is 12.1 Å². The summed E-state index contributed by atoms with van der Waals surface area (Å²) in [7, 11) is -2.42. The summed E-state index contributed by atoms with van der Waals surface area (Å²) in [4.78, 5) is 24.9. The zero-order valence-electron chi connectivity index (χ0n) is 13.0. The van der Waals surface area contributed by atoms with Crippen LogP contribution in [0.15, 0.2) is 29.2 Å². The number of hydrogen-bond donors (Lipinski definition) is 1. The van der Waals surface area contributed by atoms with Gasteiger partial charge in [-0.2, -0.15) is 9.57 Å². The number of nitriles is 1. The number of urea groups is 1. The average molecular weight is 348 g/mol. The lowest BCUT2D eigenvalue weighted by atomic mass is 9.88. The first kappa shape index (κ1) is 16.4. The van der Waals surface area contributed by atoms with Crippen LogP contribution < -0.4 is 5.32 Å². The highest BCUT2D eigenvalue weighted by atomic mass is 32.2. The summed E-state index contributed by atoms with van der Waals surface area (Å²) < 4.78 is 26.8. The number of rotatable bonds is 2. The number of imide groups is 1. The van der Waals surface area contributed by atoms with E-state index in [0.29, 0.717) is 0 Å². The molecule has 8 nitrogen and oxygen atoms in total. The molecule has 0 aliphatic carbocycles. The number of nitrogens with zero attached hydrogens (tertiary/aromatic N) is 3. The highest BCUT2D eigenvalue weighted by molar-refractivity contribution is 7.89. The average Bonchev–Trinajstić information content (AvgIpc) is 2.79. The summed E-state index contributed by atoms with van der Waals surface area (Å²) >= 11 is 0. The standard InChI is InChI=1S/C15H16N4O4S/c1-18-13(20)15(17-14(18)21)6-8-19(9-7-15)24(22,23)12-5-3-2-4-11(12)10-16/h2-5H,6-9H2,1H3,(H,17,21). The van der Waals surface area contributed by atoms with Crippen LogP contribution in [-0.2, 0) is 14.8 Å². The molecule has 2 aliphatic heterocycles. The van der Waals surface area contributed by atoms with Crippen molar-refractivity contribution in [2.75, 3.05) is 20.1 Å². The lowest BCUT2D eigenvalue weighted by Crippen LogP contribution is -2.55. The van der Waals surface area contributed by atoms with Gasteiger partial charge in [-0.05, 0) is 25.0 Å². The number of amides is 3. The predicted octanol–water partition coefficient (Wildman–Crippen LogP) is 0.263. The zero-order valence-corrected chi connectivity index (χ0v) is 13.8. The van der Waals surface area contributed by atoms with Crippen LogP contribution in [0.25, 0.3) is 0 Å². The van der Waals surface area contributed by atoms with Gasteiger partial charge in [0.15, 0.2) is 0 Å². The van der Waals surface area contributed by atoms with Crippen LogP contribution in [0.1, 0.15) is 18.4 Å². The van der Waals surface area contributed by atoms with Gasteiger partial charge in [0.2, 0.25) is 10.0 Å². The summed E-state index contributed by atoms with van der Waals surface area (Å²) in [6.07, 6.45) is 0.408. The molecule has 0 bridgehead atoms. The second-order valence-electron chi connectivity index (χ2n) is 5.89. The Morgan fingerprint density at radius 1 is 1.21 bits per heavy atom. The molecule has 2 heterocycles. The summed E-state index contributed by atoms with van der Waals surface area (Å²) in [6, 6.07) is 7.43. The summed E-state index contributed by atoms with van der Waals surface area (Å²) in [5.74, 6) is -0.332. The van der Waals surface area contributed by atoms with Crippen molar-refractivity contribution >= 4 is 22.0 Å². The fourth-order valence-corrected chi connectivity index (χ4v) is 4.71. The first-order valence-electron chi connectivity index (χ1n) is 7.41. The van der Waals surface area contributed by atoms with E-state index < -0.39 is 21.6 Å². The molecule has 0 atom stereocenters. The second kappa shape index (κ2) is 5.58. The molecule has 0 aromatic heterocycles. The molecule has 0 saturated carbocycles. The first-order valence-corrected chi connectivity index (χ1v) is 8.85. The van der Waals surface area contributed by atoms with Crippen molar-refractivity contribution in [2.24, 2.45) is 0 Å². The van der Waals surface area contributed by atoms with Crippen LogP contribution in [0.5, 0.6) is 0 Å². The summed E-state index contributed by atoms with van der Waals surface area (Å²) in [6.45, 7) is 0.198. The van der Waals surface area contributed by atoms with Gasteiger partial charge in [0.05, 0.1) is 10.5 Å². The van der Waals surface area contributed by atoms with E-state index in [4.69, 9.17) is 5.26 Å². The lowest BCUT2D eigenvalue weighted by Gasteiger charge is -2.36. The molecule has 1 aromatic rings. The van der Waals surface area contributed by atoms with Crippen molar-refractivity contribution in [2.45, 2.75) is 23.3 Å². The van der Waals surface area contributed by atoms with Gasteiger partial charge in [-0.3, -0.25) is 9.69 Å². The van der Waals surface area contributed by atoms with E-state index in [1.54, 1.807) is 12.1 Å². The van der Waals surface area contributed by atoms with Crippen LogP contribution in [0, 0.1) is 11.3 Å². The smallest absolute Gasteiger partial charge is 0.323 e. The fraction of sp³-hybridized carbons (Fsp3) is 0.400. The SMILES string of the molecule is CN1C(=O)NC2(CCN(S(=O)(=O)c3ccccc3C#N)CC2)C1=O. The van der Waals surface area contributed by atoms with Crippen molar-refractivity contribution in [3.63, 3.8) is 0 Å². The van der Waals surface area contributed by atoms with Crippen molar-refractivity contribution in [3.05, 3.63) is 29.8 Å². The lowest BCUT2D eigenvalue weighted by molar-refractivity contribution is -0.131. The molecule has 126 valence electrons. The van der Waals surface area contributed by atoms with E-state index in [-0.39, 0.29) is 42.3 Å². The first-order chi connectivity index (χ1) is 11.3. The maximum absolute atomic E-state index is 12.8. The highest BCUT2D eigenvalue weighted by Crippen LogP contribution is 2.31. The molecule has 3 amide bonds. The number of carbonyl (C=O) groups is 2. The van der Waals surface area contributed by atoms with Crippen molar-refractivity contribution in [1.82, 2.24) is 14.5 Å². The number of sulfonamides is 1. The van der Waals surface area contributed by atoms with Crippen LogP contribution in [-0.4, -0.2) is 55.2 Å². The van der Waals surface area contributed by atoms with Gasteiger partial charge in [-0.25, -0.2) is 13.2 Å². The van der Waals surface area contributed by atoms with E-state index >= 15 is 0 Å². The zero-order chi connectivity index (χ0) is 17.5. The third kappa shape index (κ3) is 2.35. The number of carbonyl (C=O) groups excluding carboxylic acids is 2. The third-order valence-electron chi connectivity index (χ3n) is 4.57. The van der Waals surface area contributed by atoms with E-state index in [2.05, 4.69) is 5.32 Å².